The summed E-state index contributed by atoms with van der Waals surface area (Å²) in [5.74, 6) is 0. The number of aliphatic hydroxyl groups is 1. The van der Waals surface area contributed by atoms with Gasteiger partial charge in [-0.05, 0) is 36.8 Å². The predicted octanol–water partition coefficient (Wildman–Crippen LogP) is 3.08. The van der Waals surface area contributed by atoms with Gasteiger partial charge in [-0.25, -0.2) is 8.42 Å². The van der Waals surface area contributed by atoms with E-state index in [0.29, 0.717) is 10.6 Å². The van der Waals surface area contributed by atoms with Gasteiger partial charge < -0.3 is 5.11 Å². The Hall–Kier alpha value is -1.40. The van der Waals surface area contributed by atoms with Crippen LogP contribution in [0.25, 0.3) is 0 Å². The first kappa shape index (κ1) is 17.0. The standard InChI is InChI=1S/C16H18ClNO3S/c1-12(16(19)13-6-4-3-5-7-13)18(2)22(20,21)15-10-8-14(17)9-11-15/h3-12,16,19H,1-2H3/t12-,16+/m1/s1. The van der Waals surface area contributed by atoms with E-state index >= 15 is 0 Å². The zero-order valence-corrected chi connectivity index (χ0v) is 13.9. The highest BCUT2D eigenvalue weighted by Crippen LogP contribution is 2.25. The summed E-state index contributed by atoms with van der Waals surface area (Å²) in [4.78, 5) is 0.145. The molecule has 2 aromatic carbocycles. The van der Waals surface area contributed by atoms with Crippen LogP contribution in [-0.4, -0.2) is 30.9 Å². The number of benzene rings is 2. The first-order valence-electron chi connectivity index (χ1n) is 6.80. The van der Waals surface area contributed by atoms with Crippen LogP contribution in [0.5, 0.6) is 0 Å². The minimum absolute atomic E-state index is 0.145. The van der Waals surface area contributed by atoms with Gasteiger partial charge in [0.05, 0.1) is 17.0 Å². The predicted molar refractivity (Wildman–Crippen MR) is 87.3 cm³/mol. The maximum absolute atomic E-state index is 12.6. The number of hydrogen-bond acceptors (Lipinski definition) is 3. The lowest BCUT2D eigenvalue weighted by Crippen LogP contribution is -2.39. The lowest BCUT2D eigenvalue weighted by atomic mass is 10.0. The maximum atomic E-state index is 12.6. The van der Waals surface area contributed by atoms with Crippen LogP contribution < -0.4 is 0 Å². The van der Waals surface area contributed by atoms with Gasteiger partial charge in [-0.2, -0.15) is 4.31 Å². The van der Waals surface area contributed by atoms with Gasteiger partial charge in [0, 0.05) is 12.1 Å². The van der Waals surface area contributed by atoms with E-state index in [2.05, 4.69) is 0 Å². The second kappa shape index (κ2) is 6.79. The molecule has 4 nitrogen and oxygen atoms in total. The number of nitrogens with zero attached hydrogens (tertiary/aromatic N) is 1. The molecule has 0 aliphatic carbocycles. The van der Waals surface area contributed by atoms with Crippen LogP contribution in [0.1, 0.15) is 18.6 Å². The molecule has 0 saturated carbocycles. The summed E-state index contributed by atoms with van der Waals surface area (Å²) in [7, 11) is -2.23. The molecule has 2 aromatic rings. The monoisotopic (exact) mass is 339 g/mol. The lowest BCUT2D eigenvalue weighted by molar-refractivity contribution is 0.108. The van der Waals surface area contributed by atoms with Crippen molar-refractivity contribution in [3.63, 3.8) is 0 Å². The summed E-state index contributed by atoms with van der Waals surface area (Å²) < 4.78 is 26.4. The second-order valence-corrected chi connectivity index (χ2v) is 7.51. The molecule has 0 spiro atoms. The molecule has 2 atom stereocenters. The van der Waals surface area contributed by atoms with Gasteiger partial charge in [-0.15, -0.1) is 0 Å². The third-order valence-electron chi connectivity index (χ3n) is 3.66. The van der Waals surface area contributed by atoms with Crippen LogP contribution in [0.15, 0.2) is 59.5 Å². The van der Waals surface area contributed by atoms with Crippen LogP contribution in [0.4, 0.5) is 0 Å². The summed E-state index contributed by atoms with van der Waals surface area (Å²) in [6.07, 6.45) is -0.909. The van der Waals surface area contributed by atoms with Gasteiger partial charge in [0.15, 0.2) is 0 Å². The molecule has 0 aliphatic rings. The average molecular weight is 340 g/mol. The molecule has 118 valence electrons. The lowest BCUT2D eigenvalue weighted by Gasteiger charge is -2.28. The Morgan fingerprint density at radius 2 is 1.59 bits per heavy atom. The molecule has 2 rings (SSSR count). The van der Waals surface area contributed by atoms with Crippen molar-refractivity contribution in [3.8, 4) is 0 Å². The van der Waals surface area contributed by atoms with Crippen LogP contribution in [0, 0.1) is 0 Å². The van der Waals surface area contributed by atoms with E-state index in [-0.39, 0.29) is 4.90 Å². The van der Waals surface area contributed by atoms with E-state index in [1.54, 1.807) is 31.2 Å². The Labute approximate surface area is 136 Å². The third kappa shape index (κ3) is 3.50. The summed E-state index contributed by atoms with van der Waals surface area (Å²) in [5, 5.41) is 10.9. The van der Waals surface area contributed by atoms with Gasteiger partial charge in [0.25, 0.3) is 0 Å². The van der Waals surface area contributed by atoms with Crippen molar-refractivity contribution in [2.45, 2.75) is 24.0 Å². The van der Waals surface area contributed by atoms with E-state index in [1.807, 2.05) is 6.07 Å². The SMILES string of the molecule is C[C@H]([C@H](O)c1ccccc1)N(C)S(=O)(=O)c1ccc(Cl)cc1. The summed E-state index contributed by atoms with van der Waals surface area (Å²) in [6.45, 7) is 1.67. The van der Waals surface area contributed by atoms with Gasteiger partial charge in [0.1, 0.15) is 0 Å². The quantitative estimate of drug-likeness (QED) is 0.910. The van der Waals surface area contributed by atoms with Crippen molar-refractivity contribution >= 4 is 21.6 Å². The normalized spacial score (nSPS) is 14.8. The van der Waals surface area contributed by atoms with Gasteiger partial charge in [-0.3, -0.25) is 0 Å². The van der Waals surface area contributed by atoms with Crippen molar-refractivity contribution in [2.75, 3.05) is 7.05 Å². The summed E-state index contributed by atoms with van der Waals surface area (Å²) in [6, 6.07) is 14.3. The number of hydrogen-bond donors (Lipinski definition) is 1. The smallest absolute Gasteiger partial charge is 0.243 e. The van der Waals surface area contributed by atoms with E-state index in [9.17, 15) is 13.5 Å². The topological polar surface area (TPSA) is 57.6 Å². The van der Waals surface area contributed by atoms with Crippen molar-refractivity contribution in [3.05, 3.63) is 65.2 Å². The zero-order chi connectivity index (χ0) is 16.3. The molecule has 0 radical (unpaired) electrons. The van der Waals surface area contributed by atoms with Crippen molar-refractivity contribution in [2.24, 2.45) is 0 Å². The van der Waals surface area contributed by atoms with E-state index in [1.165, 1.54) is 35.6 Å². The van der Waals surface area contributed by atoms with Crippen LogP contribution >= 0.6 is 11.6 Å². The first-order chi connectivity index (χ1) is 10.3. The minimum Gasteiger partial charge on any atom is -0.387 e. The average Bonchev–Trinajstić information content (AvgIpc) is 2.54. The van der Waals surface area contributed by atoms with Crippen LogP contribution in [0.3, 0.4) is 0 Å². The van der Waals surface area contributed by atoms with Crippen LogP contribution in [-0.2, 0) is 10.0 Å². The molecule has 6 heteroatoms. The highest BCUT2D eigenvalue weighted by Gasteiger charge is 2.30. The molecule has 22 heavy (non-hydrogen) atoms. The van der Waals surface area contributed by atoms with Crippen molar-refractivity contribution < 1.29 is 13.5 Å². The molecule has 0 amide bonds. The van der Waals surface area contributed by atoms with Gasteiger partial charge in [-0.1, -0.05) is 41.9 Å². The molecular formula is C16H18ClNO3S. The Morgan fingerprint density at radius 3 is 2.14 bits per heavy atom. The Kier molecular flexibility index (Phi) is 5.24. The number of sulfonamides is 1. The van der Waals surface area contributed by atoms with Crippen LogP contribution in [0.2, 0.25) is 5.02 Å². The molecule has 0 fully saturated rings. The number of likely N-dealkylation sites (N-methyl/N-ethyl adjacent to an activating group) is 1. The Balaban J connectivity index is 2.26. The Morgan fingerprint density at radius 1 is 1.05 bits per heavy atom. The number of rotatable bonds is 5. The highest BCUT2D eigenvalue weighted by molar-refractivity contribution is 7.89. The summed E-state index contributed by atoms with van der Waals surface area (Å²) >= 11 is 5.79. The van der Waals surface area contributed by atoms with E-state index < -0.39 is 22.2 Å². The third-order valence-corrected chi connectivity index (χ3v) is 5.87. The fraction of sp³-hybridized carbons (Fsp3) is 0.250. The Bertz CT molecular complexity index is 717. The molecule has 0 unspecified atom stereocenters. The molecule has 0 bridgehead atoms. The fourth-order valence-corrected chi connectivity index (χ4v) is 3.61. The van der Waals surface area contributed by atoms with Gasteiger partial charge in [0.2, 0.25) is 10.0 Å². The second-order valence-electron chi connectivity index (χ2n) is 5.07. The molecule has 1 N–H and O–H groups in total. The van der Waals surface area contributed by atoms with Gasteiger partial charge >= 0.3 is 0 Å². The number of halogens is 1. The molecule has 0 saturated heterocycles. The maximum Gasteiger partial charge on any atom is 0.243 e. The van der Waals surface area contributed by atoms with E-state index in [4.69, 9.17) is 11.6 Å². The number of aliphatic hydroxyl groups excluding tert-OH is 1. The van der Waals surface area contributed by atoms with Crippen molar-refractivity contribution in [1.29, 1.82) is 0 Å². The molecule has 0 heterocycles. The summed E-state index contributed by atoms with van der Waals surface area (Å²) in [5.41, 5.74) is 0.674. The van der Waals surface area contributed by atoms with E-state index in [0.717, 1.165) is 0 Å². The molecular weight excluding hydrogens is 322 g/mol. The minimum atomic E-state index is -3.69. The first-order valence-corrected chi connectivity index (χ1v) is 8.62. The largest absolute Gasteiger partial charge is 0.387 e. The fourth-order valence-electron chi connectivity index (χ4n) is 2.12. The highest BCUT2D eigenvalue weighted by atomic mass is 35.5. The molecule has 0 aliphatic heterocycles. The zero-order valence-electron chi connectivity index (χ0n) is 12.3. The molecule has 0 aromatic heterocycles. The van der Waals surface area contributed by atoms with Crippen molar-refractivity contribution in [1.82, 2.24) is 4.31 Å².